The van der Waals surface area contributed by atoms with Crippen molar-refractivity contribution in [1.82, 2.24) is 5.32 Å². The summed E-state index contributed by atoms with van der Waals surface area (Å²) in [6.45, 7) is 1.92. The smallest absolute Gasteiger partial charge is 0.251 e. The van der Waals surface area contributed by atoms with Crippen molar-refractivity contribution >= 4 is 46.4 Å². The van der Waals surface area contributed by atoms with Gasteiger partial charge in [-0.1, -0.05) is 65.7 Å². The minimum Gasteiger partial charge on any atom is -0.375 e. The summed E-state index contributed by atoms with van der Waals surface area (Å²) in [6, 6.07) is 21.5. The lowest BCUT2D eigenvalue weighted by Crippen LogP contribution is -2.27. The molecule has 5 nitrogen and oxygen atoms in total. The van der Waals surface area contributed by atoms with Crippen LogP contribution in [-0.4, -0.2) is 18.4 Å². The van der Waals surface area contributed by atoms with Gasteiger partial charge in [0.05, 0.1) is 28.3 Å². The Balaban J connectivity index is 1.58. The first-order valence-electron chi connectivity index (χ1n) is 9.37. The van der Waals surface area contributed by atoms with Crippen molar-refractivity contribution in [3.8, 4) is 0 Å². The molecule has 0 aliphatic carbocycles. The second-order valence-electron chi connectivity index (χ2n) is 6.69. The Bertz CT molecular complexity index is 1040. The summed E-state index contributed by atoms with van der Waals surface area (Å²) >= 11 is 12.1. The first-order chi connectivity index (χ1) is 14.4. The van der Waals surface area contributed by atoms with Crippen molar-refractivity contribution in [3.63, 3.8) is 0 Å². The zero-order chi connectivity index (χ0) is 21.5. The SMILES string of the molecule is CC(NC(=O)c1cccc(NC(=O)CNc2cccc(Cl)c2Cl)c1)c1ccccc1. The van der Waals surface area contributed by atoms with Crippen molar-refractivity contribution in [3.05, 3.63) is 94.0 Å². The minimum atomic E-state index is -0.277. The first kappa shape index (κ1) is 21.7. The Kier molecular flexibility index (Phi) is 7.33. The third-order valence-corrected chi connectivity index (χ3v) is 5.27. The van der Waals surface area contributed by atoms with E-state index >= 15 is 0 Å². The highest BCUT2D eigenvalue weighted by Crippen LogP contribution is 2.29. The molecule has 7 heteroatoms. The number of nitrogens with one attached hydrogen (secondary N) is 3. The van der Waals surface area contributed by atoms with Gasteiger partial charge in [0.2, 0.25) is 5.91 Å². The van der Waals surface area contributed by atoms with Crippen LogP contribution in [0.3, 0.4) is 0 Å². The minimum absolute atomic E-state index is 0.00152. The predicted octanol–water partition coefficient (Wildman–Crippen LogP) is 5.54. The highest BCUT2D eigenvalue weighted by Gasteiger charge is 2.12. The molecule has 154 valence electrons. The molecule has 0 saturated carbocycles. The van der Waals surface area contributed by atoms with E-state index in [1.165, 1.54) is 0 Å². The fourth-order valence-corrected chi connectivity index (χ4v) is 3.23. The number of hydrogen-bond donors (Lipinski definition) is 3. The normalized spacial score (nSPS) is 11.4. The summed E-state index contributed by atoms with van der Waals surface area (Å²) in [4.78, 5) is 24.9. The van der Waals surface area contributed by atoms with Crippen molar-refractivity contribution in [2.75, 3.05) is 17.2 Å². The quantitative estimate of drug-likeness (QED) is 0.450. The molecule has 0 bridgehead atoms. The molecule has 0 spiro atoms. The molecule has 3 aromatic rings. The zero-order valence-corrected chi connectivity index (χ0v) is 17.8. The van der Waals surface area contributed by atoms with E-state index < -0.39 is 0 Å². The maximum absolute atomic E-state index is 12.6. The maximum atomic E-state index is 12.6. The van der Waals surface area contributed by atoms with Crippen molar-refractivity contribution in [2.45, 2.75) is 13.0 Å². The van der Waals surface area contributed by atoms with Crippen LogP contribution < -0.4 is 16.0 Å². The van der Waals surface area contributed by atoms with E-state index in [1.807, 2.05) is 37.3 Å². The van der Waals surface area contributed by atoms with Crippen LogP contribution >= 0.6 is 23.2 Å². The Morgan fingerprint density at radius 1 is 0.933 bits per heavy atom. The maximum Gasteiger partial charge on any atom is 0.251 e. The molecule has 0 radical (unpaired) electrons. The molecule has 3 aromatic carbocycles. The monoisotopic (exact) mass is 441 g/mol. The van der Waals surface area contributed by atoms with Gasteiger partial charge >= 0.3 is 0 Å². The van der Waals surface area contributed by atoms with E-state index in [1.54, 1.807) is 42.5 Å². The van der Waals surface area contributed by atoms with E-state index in [-0.39, 0.29) is 24.4 Å². The van der Waals surface area contributed by atoms with Crippen molar-refractivity contribution in [1.29, 1.82) is 0 Å². The van der Waals surface area contributed by atoms with Crippen LogP contribution in [0.1, 0.15) is 28.9 Å². The first-order valence-corrected chi connectivity index (χ1v) is 10.1. The summed E-state index contributed by atoms with van der Waals surface area (Å²) in [5, 5.41) is 9.44. The van der Waals surface area contributed by atoms with Crippen LogP contribution in [-0.2, 0) is 4.79 Å². The van der Waals surface area contributed by atoms with E-state index in [0.29, 0.717) is 27.0 Å². The molecule has 2 amide bonds. The number of carbonyl (C=O) groups excluding carboxylic acids is 2. The van der Waals surface area contributed by atoms with Gasteiger partial charge in [0.1, 0.15) is 0 Å². The molecule has 1 unspecified atom stereocenters. The molecule has 30 heavy (non-hydrogen) atoms. The third kappa shape index (κ3) is 5.75. The molecule has 0 aliphatic rings. The molecule has 0 saturated heterocycles. The average molecular weight is 442 g/mol. The van der Waals surface area contributed by atoms with Gasteiger partial charge in [0.25, 0.3) is 5.91 Å². The van der Waals surface area contributed by atoms with Crippen LogP contribution in [0.25, 0.3) is 0 Å². The fraction of sp³-hybridized carbons (Fsp3) is 0.130. The highest BCUT2D eigenvalue weighted by atomic mass is 35.5. The third-order valence-electron chi connectivity index (χ3n) is 4.45. The summed E-state index contributed by atoms with van der Waals surface area (Å²) in [5.41, 5.74) is 2.57. The standard InChI is InChI=1S/C23H21Cl2N3O2/c1-15(16-7-3-2-4-8-16)27-23(30)17-9-5-10-18(13-17)28-21(29)14-26-20-12-6-11-19(24)22(20)25/h2-13,15,26H,14H2,1H3,(H,27,30)(H,28,29). The summed E-state index contributed by atoms with van der Waals surface area (Å²) in [6.07, 6.45) is 0. The number of carbonyl (C=O) groups is 2. The second kappa shape index (κ2) is 10.1. The molecule has 0 aromatic heterocycles. The Morgan fingerprint density at radius 2 is 1.67 bits per heavy atom. The number of hydrogen-bond acceptors (Lipinski definition) is 3. The lowest BCUT2D eigenvalue weighted by molar-refractivity contribution is -0.114. The van der Waals surface area contributed by atoms with E-state index in [2.05, 4.69) is 16.0 Å². The van der Waals surface area contributed by atoms with Gasteiger partial charge in [-0.15, -0.1) is 0 Å². The molecule has 0 fully saturated rings. The highest BCUT2D eigenvalue weighted by molar-refractivity contribution is 6.43. The van der Waals surface area contributed by atoms with Gasteiger partial charge in [-0.05, 0) is 42.8 Å². The number of amides is 2. The number of benzene rings is 3. The van der Waals surface area contributed by atoms with Gasteiger partial charge in [-0.3, -0.25) is 9.59 Å². The average Bonchev–Trinajstić information content (AvgIpc) is 2.75. The zero-order valence-electron chi connectivity index (χ0n) is 16.3. The van der Waals surface area contributed by atoms with Gasteiger partial charge in [0.15, 0.2) is 0 Å². The predicted molar refractivity (Wildman–Crippen MR) is 122 cm³/mol. The van der Waals surface area contributed by atoms with Gasteiger partial charge in [-0.25, -0.2) is 0 Å². The number of rotatable bonds is 7. The van der Waals surface area contributed by atoms with Crippen LogP contribution in [0, 0.1) is 0 Å². The van der Waals surface area contributed by atoms with Crippen molar-refractivity contribution < 1.29 is 9.59 Å². The molecule has 0 aliphatic heterocycles. The lowest BCUT2D eigenvalue weighted by Gasteiger charge is -2.15. The van der Waals surface area contributed by atoms with E-state index in [4.69, 9.17) is 23.2 Å². The Hall–Kier alpha value is -3.02. The van der Waals surface area contributed by atoms with Crippen LogP contribution in [0.4, 0.5) is 11.4 Å². The molecular formula is C23H21Cl2N3O2. The molecule has 3 rings (SSSR count). The van der Waals surface area contributed by atoms with Crippen LogP contribution in [0.5, 0.6) is 0 Å². The van der Waals surface area contributed by atoms with E-state index in [9.17, 15) is 9.59 Å². The fourth-order valence-electron chi connectivity index (χ4n) is 2.86. The van der Waals surface area contributed by atoms with E-state index in [0.717, 1.165) is 5.56 Å². The lowest BCUT2D eigenvalue weighted by atomic mass is 10.1. The molecule has 0 heterocycles. The summed E-state index contributed by atoms with van der Waals surface area (Å²) in [7, 11) is 0. The number of halogens is 2. The summed E-state index contributed by atoms with van der Waals surface area (Å²) in [5.74, 6) is -0.493. The second-order valence-corrected chi connectivity index (χ2v) is 7.47. The Labute approximate surface area is 185 Å². The van der Waals surface area contributed by atoms with Crippen molar-refractivity contribution in [2.24, 2.45) is 0 Å². The molecule has 1 atom stereocenters. The largest absolute Gasteiger partial charge is 0.375 e. The van der Waals surface area contributed by atoms with Crippen LogP contribution in [0.15, 0.2) is 72.8 Å². The van der Waals surface area contributed by atoms with Crippen LogP contribution in [0.2, 0.25) is 10.0 Å². The van der Waals surface area contributed by atoms with Gasteiger partial charge in [-0.2, -0.15) is 0 Å². The summed E-state index contributed by atoms with van der Waals surface area (Å²) < 4.78 is 0. The number of anilines is 2. The Morgan fingerprint density at radius 3 is 2.43 bits per heavy atom. The topological polar surface area (TPSA) is 70.2 Å². The van der Waals surface area contributed by atoms with Gasteiger partial charge in [0, 0.05) is 11.3 Å². The van der Waals surface area contributed by atoms with Gasteiger partial charge < -0.3 is 16.0 Å². The molecule has 3 N–H and O–H groups in total. The molecular weight excluding hydrogens is 421 g/mol.